The molecule has 5 aliphatic rings. The number of esters is 1. The van der Waals surface area contributed by atoms with E-state index >= 15 is 0 Å². The van der Waals surface area contributed by atoms with Gasteiger partial charge < -0.3 is 9.47 Å². The monoisotopic (exact) mass is 484 g/mol. The summed E-state index contributed by atoms with van der Waals surface area (Å²) in [5.41, 5.74) is 2.19. The second-order valence-electron chi connectivity index (χ2n) is 14.9. The minimum atomic E-state index is -0.286. The van der Waals surface area contributed by atoms with E-state index in [2.05, 4.69) is 48.1 Å². The predicted molar refractivity (Wildman–Crippen MR) is 142 cm³/mol. The van der Waals surface area contributed by atoms with Crippen LogP contribution in [0.15, 0.2) is 12.2 Å². The highest BCUT2D eigenvalue weighted by atomic mass is 16.5. The molecule has 0 spiro atoms. The third-order valence-electron chi connectivity index (χ3n) is 13.9. The van der Waals surface area contributed by atoms with Gasteiger partial charge >= 0.3 is 5.97 Å². The zero-order chi connectivity index (χ0) is 25.6. The number of carbonyl (C=O) groups is 1. The molecular weight excluding hydrogens is 432 g/mol. The molecule has 5 saturated carbocycles. The molecule has 0 N–H and O–H groups in total. The predicted octanol–water partition coefficient (Wildman–Crippen LogP) is 7.83. The van der Waals surface area contributed by atoms with Gasteiger partial charge in [-0.1, -0.05) is 46.8 Å². The minimum Gasteiger partial charge on any atom is -0.469 e. The van der Waals surface area contributed by atoms with Gasteiger partial charge in [-0.25, -0.2) is 0 Å². The number of allylic oxidation sites excluding steroid dienone is 1. The van der Waals surface area contributed by atoms with Gasteiger partial charge in [0.2, 0.25) is 0 Å². The van der Waals surface area contributed by atoms with Crippen molar-refractivity contribution in [3.05, 3.63) is 12.2 Å². The summed E-state index contributed by atoms with van der Waals surface area (Å²) in [5, 5.41) is 0. The molecule has 0 aromatic heterocycles. The van der Waals surface area contributed by atoms with E-state index in [9.17, 15) is 4.79 Å². The van der Waals surface area contributed by atoms with Gasteiger partial charge in [-0.3, -0.25) is 4.79 Å². The van der Waals surface area contributed by atoms with Crippen molar-refractivity contribution in [3.63, 3.8) is 0 Å². The topological polar surface area (TPSA) is 35.5 Å². The fourth-order valence-corrected chi connectivity index (χ4v) is 12.1. The first-order valence-electron chi connectivity index (χ1n) is 14.6. The average molecular weight is 485 g/mol. The number of carbonyl (C=O) groups excluding carboxylic acids is 1. The van der Waals surface area contributed by atoms with E-state index < -0.39 is 0 Å². The number of ether oxygens (including phenoxy) is 2. The van der Waals surface area contributed by atoms with E-state index in [-0.39, 0.29) is 22.2 Å². The van der Waals surface area contributed by atoms with Crippen molar-refractivity contribution in [1.82, 2.24) is 0 Å². The Hall–Kier alpha value is -0.830. The van der Waals surface area contributed by atoms with Crippen molar-refractivity contribution < 1.29 is 14.3 Å². The van der Waals surface area contributed by atoms with Crippen molar-refractivity contribution in [2.45, 2.75) is 112 Å². The number of methoxy groups -OCH3 is 2. The van der Waals surface area contributed by atoms with E-state index in [0.29, 0.717) is 34.7 Å². The summed E-state index contributed by atoms with van der Waals surface area (Å²) in [7, 11) is 3.53. The first-order valence-corrected chi connectivity index (χ1v) is 14.6. The van der Waals surface area contributed by atoms with Gasteiger partial charge in [0.15, 0.2) is 0 Å². The quantitative estimate of drug-likeness (QED) is 0.302. The lowest BCUT2D eigenvalue weighted by Gasteiger charge is -2.72. The lowest BCUT2D eigenvalue weighted by Crippen LogP contribution is -2.67. The standard InChI is InChI=1S/C32H52O3/c1-20(2)21-12-17-32(27(33)35-9)19-18-30(6)22(26(21)32)10-11-24-29(5)15-14-25(34-8)28(3,4)23(29)13-16-31(24,30)7/h21-26H,1,10-19H2,2-9H3/t21-,22?,23?,24?,25-,26?,29-,30+,31+,32-/m0/s1. The van der Waals surface area contributed by atoms with Gasteiger partial charge in [-0.2, -0.15) is 0 Å². The normalized spacial score (nSPS) is 52.5. The summed E-state index contributed by atoms with van der Waals surface area (Å²) in [6, 6.07) is 0. The second-order valence-corrected chi connectivity index (χ2v) is 14.9. The molecule has 5 fully saturated rings. The third-order valence-corrected chi connectivity index (χ3v) is 13.9. The Labute approximate surface area is 215 Å². The highest BCUT2D eigenvalue weighted by molar-refractivity contribution is 5.78. The first kappa shape index (κ1) is 25.8. The van der Waals surface area contributed by atoms with Gasteiger partial charge in [-0.05, 0) is 122 Å². The lowest BCUT2D eigenvalue weighted by atomic mass is 9.32. The zero-order valence-electron chi connectivity index (χ0n) is 24.0. The van der Waals surface area contributed by atoms with Gasteiger partial charge in [0.05, 0.1) is 18.6 Å². The van der Waals surface area contributed by atoms with Crippen LogP contribution in [0.3, 0.4) is 0 Å². The highest BCUT2D eigenvalue weighted by Gasteiger charge is 2.72. The van der Waals surface area contributed by atoms with Crippen LogP contribution < -0.4 is 0 Å². The lowest BCUT2D eigenvalue weighted by molar-refractivity contribution is -0.250. The third kappa shape index (κ3) is 3.09. The smallest absolute Gasteiger partial charge is 0.312 e. The molecule has 0 radical (unpaired) electrons. The van der Waals surface area contributed by atoms with Crippen molar-refractivity contribution >= 4 is 5.97 Å². The van der Waals surface area contributed by atoms with E-state index in [0.717, 1.165) is 31.1 Å². The van der Waals surface area contributed by atoms with Crippen LogP contribution in [0.25, 0.3) is 0 Å². The maximum Gasteiger partial charge on any atom is 0.312 e. The van der Waals surface area contributed by atoms with Crippen LogP contribution >= 0.6 is 0 Å². The number of hydrogen-bond acceptors (Lipinski definition) is 3. The second kappa shape index (κ2) is 8.08. The summed E-state index contributed by atoms with van der Waals surface area (Å²) in [6.45, 7) is 19.6. The molecule has 10 atom stereocenters. The largest absolute Gasteiger partial charge is 0.469 e. The van der Waals surface area contributed by atoms with Crippen molar-refractivity contribution in [3.8, 4) is 0 Å². The van der Waals surface area contributed by atoms with Crippen LogP contribution in [0.2, 0.25) is 0 Å². The minimum absolute atomic E-state index is 0.0656. The van der Waals surface area contributed by atoms with Gasteiger partial charge in [0, 0.05) is 7.11 Å². The molecule has 5 aliphatic carbocycles. The molecule has 198 valence electrons. The van der Waals surface area contributed by atoms with E-state index in [1.165, 1.54) is 50.5 Å². The highest BCUT2D eigenvalue weighted by Crippen LogP contribution is 2.77. The van der Waals surface area contributed by atoms with Crippen LogP contribution in [-0.2, 0) is 14.3 Å². The fraction of sp³-hybridized carbons (Fsp3) is 0.906. The molecule has 5 rings (SSSR count). The maximum absolute atomic E-state index is 13.4. The van der Waals surface area contributed by atoms with Crippen LogP contribution in [0.4, 0.5) is 0 Å². The molecule has 0 bridgehead atoms. The molecule has 3 heteroatoms. The Kier molecular flexibility index (Phi) is 5.96. The summed E-state index contributed by atoms with van der Waals surface area (Å²) >= 11 is 0. The average Bonchev–Trinajstić information content (AvgIpc) is 3.20. The Bertz CT molecular complexity index is 891. The molecule has 0 aromatic rings. The molecule has 35 heavy (non-hydrogen) atoms. The van der Waals surface area contributed by atoms with Gasteiger partial charge in [0.25, 0.3) is 0 Å². The molecule has 0 saturated heterocycles. The first-order chi connectivity index (χ1) is 16.3. The Balaban J connectivity index is 1.55. The molecule has 0 heterocycles. The van der Waals surface area contributed by atoms with Crippen LogP contribution in [0, 0.1) is 56.7 Å². The van der Waals surface area contributed by atoms with Crippen LogP contribution in [0.5, 0.6) is 0 Å². The molecule has 0 aliphatic heterocycles. The van der Waals surface area contributed by atoms with Crippen molar-refractivity contribution in [2.75, 3.05) is 14.2 Å². The summed E-state index contributed by atoms with van der Waals surface area (Å²) in [4.78, 5) is 13.4. The molecule has 4 unspecified atom stereocenters. The Morgan fingerprint density at radius 2 is 1.51 bits per heavy atom. The summed E-state index contributed by atoms with van der Waals surface area (Å²) in [6.07, 6.45) is 12.3. The van der Waals surface area contributed by atoms with Crippen LogP contribution in [0.1, 0.15) is 106 Å². The molecule has 3 nitrogen and oxygen atoms in total. The van der Waals surface area contributed by atoms with E-state index in [4.69, 9.17) is 9.47 Å². The zero-order valence-corrected chi connectivity index (χ0v) is 24.0. The number of fused-ring (bicyclic) bond motifs is 7. The van der Waals surface area contributed by atoms with Crippen LogP contribution in [-0.4, -0.2) is 26.3 Å². The Morgan fingerprint density at radius 3 is 2.14 bits per heavy atom. The summed E-state index contributed by atoms with van der Waals surface area (Å²) in [5.74, 6) is 2.99. The molecule has 0 amide bonds. The number of hydrogen-bond donors (Lipinski definition) is 0. The van der Waals surface area contributed by atoms with Gasteiger partial charge in [0.1, 0.15) is 0 Å². The molecule has 0 aromatic carbocycles. The van der Waals surface area contributed by atoms with Crippen molar-refractivity contribution in [1.29, 1.82) is 0 Å². The fourth-order valence-electron chi connectivity index (χ4n) is 12.1. The van der Waals surface area contributed by atoms with Crippen molar-refractivity contribution in [2.24, 2.45) is 56.7 Å². The van der Waals surface area contributed by atoms with Gasteiger partial charge in [-0.15, -0.1) is 0 Å². The molecular formula is C32H52O3. The van der Waals surface area contributed by atoms with E-state index in [1.807, 2.05) is 7.11 Å². The SMILES string of the molecule is C=C(C)[C@@H]1CC[C@]2(C(=O)OC)CC[C@]3(C)C(CCC4[C@@]5(C)CC[C@H](OC)C(C)(C)C5CC[C@]43C)C12. The Morgan fingerprint density at radius 1 is 0.800 bits per heavy atom. The van der Waals surface area contributed by atoms with E-state index in [1.54, 1.807) is 7.11 Å². The summed E-state index contributed by atoms with van der Waals surface area (Å²) < 4.78 is 11.6. The maximum atomic E-state index is 13.4. The number of rotatable bonds is 3.